The van der Waals surface area contributed by atoms with E-state index in [2.05, 4.69) is 49.9 Å². The van der Waals surface area contributed by atoms with Crippen molar-refractivity contribution in [2.45, 2.75) is 24.7 Å². The lowest BCUT2D eigenvalue weighted by Crippen LogP contribution is -2.40. The number of carbonyl (C=O) groups is 1. The summed E-state index contributed by atoms with van der Waals surface area (Å²) in [5.74, 6) is 0.194. The third-order valence-corrected chi connectivity index (χ3v) is 4.76. The second kappa shape index (κ2) is 3.20. The molecule has 0 saturated heterocycles. The summed E-state index contributed by atoms with van der Waals surface area (Å²) in [5, 5.41) is 3.02. The van der Waals surface area contributed by atoms with Crippen LogP contribution < -0.4 is 5.32 Å². The molecule has 1 amide bonds. The molecule has 1 saturated carbocycles. The predicted molar refractivity (Wildman–Crippen MR) is 71.0 cm³/mol. The second-order valence-corrected chi connectivity index (χ2v) is 6.28. The average molecular weight is 378 g/mol. The highest BCUT2D eigenvalue weighted by atomic mass is 127. The zero-order chi connectivity index (χ0) is 10.6. The van der Waals surface area contributed by atoms with Gasteiger partial charge in [0.15, 0.2) is 0 Å². The minimum Gasteiger partial charge on any atom is -0.324 e. The number of benzene rings is 1. The maximum atomic E-state index is 12.0. The van der Waals surface area contributed by atoms with Crippen LogP contribution in [0, 0.1) is 3.57 Å². The molecule has 78 valence electrons. The molecule has 1 heterocycles. The van der Waals surface area contributed by atoms with Crippen LogP contribution in [-0.2, 0) is 10.2 Å². The Kier molecular flexibility index (Phi) is 2.15. The van der Waals surface area contributed by atoms with Gasteiger partial charge in [0.25, 0.3) is 0 Å². The first kappa shape index (κ1) is 10.1. The van der Waals surface area contributed by atoms with Crippen molar-refractivity contribution < 1.29 is 4.79 Å². The summed E-state index contributed by atoms with van der Waals surface area (Å²) in [6, 6.07) is 4.13. The molecule has 0 unspecified atom stereocenters. The van der Waals surface area contributed by atoms with Gasteiger partial charge in [-0.05, 0) is 53.1 Å². The van der Waals surface area contributed by atoms with Gasteiger partial charge >= 0.3 is 0 Å². The largest absolute Gasteiger partial charge is 0.324 e. The summed E-state index contributed by atoms with van der Waals surface area (Å²) in [7, 11) is 0. The van der Waals surface area contributed by atoms with Crippen LogP contribution in [0.2, 0.25) is 0 Å². The van der Waals surface area contributed by atoms with Crippen molar-refractivity contribution in [2.24, 2.45) is 0 Å². The van der Waals surface area contributed by atoms with E-state index in [0.29, 0.717) is 0 Å². The summed E-state index contributed by atoms with van der Waals surface area (Å²) in [6.07, 6.45) is 3.16. The van der Waals surface area contributed by atoms with Gasteiger partial charge in [-0.25, -0.2) is 0 Å². The average Bonchev–Trinajstić information content (AvgIpc) is 2.37. The highest BCUT2D eigenvalue weighted by molar-refractivity contribution is 14.1. The third kappa shape index (κ3) is 1.24. The molecule has 1 aromatic carbocycles. The van der Waals surface area contributed by atoms with Crippen molar-refractivity contribution in [3.05, 3.63) is 25.7 Å². The minimum absolute atomic E-state index is 0.194. The number of amides is 1. The van der Waals surface area contributed by atoms with Crippen LogP contribution in [0.4, 0.5) is 5.69 Å². The van der Waals surface area contributed by atoms with Crippen molar-refractivity contribution in [3.8, 4) is 0 Å². The fraction of sp³-hybridized carbons (Fsp3) is 0.364. The second-order valence-electron chi connectivity index (χ2n) is 4.20. The molecule has 1 aromatic rings. The Balaban J connectivity index is 2.24. The molecule has 0 aromatic heterocycles. The molecule has 15 heavy (non-hydrogen) atoms. The first-order chi connectivity index (χ1) is 7.13. The lowest BCUT2D eigenvalue weighted by atomic mass is 9.65. The summed E-state index contributed by atoms with van der Waals surface area (Å²) >= 11 is 5.77. The lowest BCUT2D eigenvalue weighted by Gasteiger charge is -2.36. The summed E-state index contributed by atoms with van der Waals surface area (Å²) in [5.41, 5.74) is 2.03. The van der Waals surface area contributed by atoms with Crippen LogP contribution in [-0.4, -0.2) is 5.91 Å². The minimum atomic E-state index is -0.195. The van der Waals surface area contributed by atoms with Crippen molar-refractivity contribution in [2.75, 3.05) is 5.32 Å². The van der Waals surface area contributed by atoms with E-state index in [1.54, 1.807) is 0 Å². The topological polar surface area (TPSA) is 29.1 Å². The summed E-state index contributed by atoms with van der Waals surface area (Å²) in [6.45, 7) is 0. The smallest absolute Gasteiger partial charge is 0.235 e. The molecule has 2 nitrogen and oxygen atoms in total. The number of nitrogens with one attached hydrogen (secondary N) is 1. The molecule has 0 radical (unpaired) electrons. The molecule has 1 aliphatic heterocycles. The van der Waals surface area contributed by atoms with Gasteiger partial charge in [-0.3, -0.25) is 4.79 Å². The molecular formula is C11H9BrINO. The quantitative estimate of drug-likeness (QED) is 0.689. The van der Waals surface area contributed by atoms with Gasteiger partial charge in [0.2, 0.25) is 5.91 Å². The number of hydrogen-bond acceptors (Lipinski definition) is 1. The maximum absolute atomic E-state index is 12.0. The Labute approximate surface area is 110 Å². The predicted octanol–water partition coefficient (Wildman–Crippen LogP) is 3.43. The van der Waals surface area contributed by atoms with E-state index in [9.17, 15) is 4.79 Å². The van der Waals surface area contributed by atoms with E-state index in [4.69, 9.17) is 0 Å². The number of hydrogen-bond donors (Lipinski definition) is 1. The van der Waals surface area contributed by atoms with Gasteiger partial charge in [-0.15, -0.1) is 0 Å². The fourth-order valence-corrected chi connectivity index (χ4v) is 4.11. The molecule has 1 aliphatic carbocycles. The highest BCUT2D eigenvalue weighted by Gasteiger charge is 2.51. The van der Waals surface area contributed by atoms with Gasteiger partial charge in [0.05, 0.1) is 11.1 Å². The van der Waals surface area contributed by atoms with Crippen molar-refractivity contribution in [1.82, 2.24) is 0 Å². The molecule has 3 rings (SSSR count). The molecule has 4 heteroatoms. The van der Waals surface area contributed by atoms with Crippen LogP contribution in [0.3, 0.4) is 0 Å². The van der Waals surface area contributed by atoms with Crippen LogP contribution in [0.25, 0.3) is 0 Å². The van der Waals surface area contributed by atoms with Crippen molar-refractivity contribution >= 4 is 50.1 Å². The van der Waals surface area contributed by atoms with Gasteiger partial charge in [-0.1, -0.05) is 22.4 Å². The zero-order valence-electron chi connectivity index (χ0n) is 7.94. The SMILES string of the molecule is O=C1Nc2c(I)cc(Br)cc2C12CCC2. The van der Waals surface area contributed by atoms with E-state index in [-0.39, 0.29) is 11.3 Å². The Bertz CT molecular complexity index is 468. The number of carbonyl (C=O) groups excluding carboxylic acids is 1. The highest BCUT2D eigenvalue weighted by Crippen LogP contribution is 2.52. The molecule has 1 N–H and O–H groups in total. The third-order valence-electron chi connectivity index (χ3n) is 3.45. The van der Waals surface area contributed by atoms with E-state index in [0.717, 1.165) is 33.0 Å². The van der Waals surface area contributed by atoms with Gasteiger partial charge in [0, 0.05) is 8.04 Å². The monoisotopic (exact) mass is 377 g/mol. The first-order valence-electron chi connectivity index (χ1n) is 4.94. The lowest BCUT2D eigenvalue weighted by molar-refractivity contribution is -0.123. The first-order valence-corrected chi connectivity index (χ1v) is 6.82. The number of fused-ring (bicyclic) bond motifs is 2. The summed E-state index contributed by atoms with van der Waals surface area (Å²) < 4.78 is 2.18. The van der Waals surface area contributed by atoms with E-state index >= 15 is 0 Å². The molecule has 0 atom stereocenters. The standard InChI is InChI=1S/C11H9BrINO/c12-6-4-7-9(8(13)5-6)14-10(15)11(7)2-1-3-11/h4-5H,1-3H2,(H,14,15). The van der Waals surface area contributed by atoms with Crippen molar-refractivity contribution in [1.29, 1.82) is 0 Å². The maximum Gasteiger partial charge on any atom is 0.235 e. The van der Waals surface area contributed by atoms with E-state index in [1.807, 2.05) is 6.07 Å². The Morgan fingerprint density at radius 2 is 2.13 bits per heavy atom. The van der Waals surface area contributed by atoms with Gasteiger partial charge in [-0.2, -0.15) is 0 Å². The van der Waals surface area contributed by atoms with Gasteiger partial charge in [0.1, 0.15) is 0 Å². The van der Waals surface area contributed by atoms with Crippen LogP contribution in [0.1, 0.15) is 24.8 Å². The van der Waals surface area contributed by atoms with Gasteiger partial charge < -0.3 is 5.32 Å². The fourth-order valence-electron chi connectivity index (χ4n) is 2.46. The molecular weight excluding hydrogens is 369 g/mol. The van der Waals surface area contributed by atoms with Crippen LogP contribution in [0.5, 0.6) is 0 Å². The number of halogens is 2. The Hall–Kier alpha value is -0.100. The molecule has 2 aliphatic rings. The Morgan fingerprint density at radius 3 is 2.73 bits per heavy atom. The van der Waals surface area contributed by atoms with Crippen LogP contribution >= 0.6 is 38.5 Å². The van der Waals surface area contributed by atoms with E-state index in [1.165, 1.54) is 5.56 Å². The molecule has 0 bridgehead atoms. The molecule has 1 spiro atoms. The Morgan fingerprint density at radius 1 is 1.40 bits per heavy atom. The van der Waals surface area contributed by atoms with Crippen molar-refractivity contribution in [3.63, 3.8) is 0 Å². The number of anilines is 1. The van der Waals surface area contributed by atoms with Crippen LogP contribution in [0.15, 0.2) is 16.6 Å². The van der Waals surface area contributed by atoms with E-state index < -0.39 is 0 Å². The zero-order valence-corrected chi connectivity index (χ0v) is 11.7. The number of rotatable bonds is 0. The summed E-state index contributed by atoms with van der Waals surface area (Å²) in [4.78, 5) is 12.0. The molecule has 1 fully saturated rings. The normalized spacial score (nSPS) is 21.1.